The molecule has 0 bridgehead atoms. The second-order valence-corrected chi connectivity index (χ2v) is 3.31. The normalized spacial score (nSPS) is 17.2. The van der Waals surface area contributed by atoms with E-state index >= 15 is 0 Å². The first-order valence-electron chi connectivity index (χ1n) is 4.13. The lowest BCUT2D eigenvalue weighted by molar-refractivity contribution is -0.145. The molecular formula is C10H10O3S. The summed E-state index contributed by atoms with van der Waals surface area (Å²) >= 11 is 5.05. The minimum atomic E-state index is -0.877. The molecule has 0 aromatic heterocycles. The van der Waals surface area contributed by atoms with Gasteiger partial charge in [0.05, 0.1) is 7.11 Å². The topological polar surface area (TPSA) is 43.4 Å². The summed E-state index contributed by atoms with van der Waals surface area (Å²) in [4.78, 5) is 22.6. The van der Waals surface area contributed by atoms with Crippen molar-refractivity contribution in [3.8, 4) is 0 Å². The number of aldehydes is 1. The van der Waals surface area contributed by atoms with E-state index in [9.17, 15) is 9.59 Å². The molecule has 0 N–H and O–H groups in total. The molecule has 0 aliphatic heterocycles. The molecule has 0 aromatic carbocycles. The fraction of sp³-hybridized carbons (Fsp3) is 0.300. The van der Waals surface area contributed by atoms with E-state index in [1.165, 1.54) is 7.11 Å². The SMILES string of the molecule is COC(=O)C(C=O)C1=CC=CCC1=S. The lowest BCUT2D eigenvalue weighted by Gasteiger charge is -2.14. The van der Waals surface area contributed by atoms with Crippen LogP contribution in [0.15, 0.2) is 23.8 Å². The minimum absolute atomic E-state index is 0.559. The van der Waals surface area contributed by atoms with Crippen molar-refractivity contribution < 1.29 is 14.3 Å². The van der Waals surface area contributed by atoms with Crippen molar-refractivity contribution in [2.45, 2.75) is 6.42 Å². The van der Waals surface area contributed by atoms with Gasteiger partial charge in [-0.3, -0.25) is 4.79 Å². The molecule has 1 rings (SSSR count). The second-order valence-electron chi connectivity index (χ2n) is 2.81. The summed E-state index contributed by atoms with van der Waals surface area (Å²) in [6, 6.07) is 0. The number of allylic oxidation sites excluding steroid dienone is 3. The molecule has 0 spiro atoms. The van der Waals surface area contributed by atoms with Crippen molar-refractivity contribution >= 4 is 29.3 Å². The number of ether oxygens (including phenoxy) is 1. The number of carbonyl (C=O) groups is 2. The van der Waals surface area contributed by atoms with Crippen LogP contribution in [0, 0.1) is 5.92 Å². The molecule has 1 atom stereocenters. The van der Waals surface area contributed by atoms with Gasteiger partial charge in [0.1, 0.15) is 12.2 Å². The van der Waals surface area contributed by atoms with E-state index in [0.717, 1.165) is 0 Å². The Morgan fingerprint density at radius 3 is 2.93 bits per heavy atom. The van der Waals surface area contributed by atoms with E-state index in [4.69, 9.17) is 12.2 Å². The Morgan fingerprint density at radius 2 is 2.43 bits per heavy atom. The summed E-state index contributed by atoms with van der Waals surface area (Å²) in [5, 5.41) is 0. The molecular weight excluding hydrogens is 200 g/mol. The fourth-order valence-corrected chi connectivity index (χ4v) is 1.51. The highest BCUT2D eigenvalue weighted by Crippen LogP contribution is 2.18. The quantitative estimate of drug-likeness (QED) is 0.304. The van der Waals surface area contributed by atoms with Crippen LogP contribution in [0.5, 0.6) is 0 Å². The summed E-state index contributed by atoms with van der Waals surface area (Å²) in [5.41, 5.74) is 0.573. The van der Waals surface area contributed by atoms with Gasteiger partial charge in [-0.1, -0.05) is 30.4 Å². The van der Waals surface area contributed by atoms with Crippen molar-refractivity contribution in [2.75, 3.05) is 7.11 Å². The van der Waals surface area contributed by atoms with Gasteiger partial charge in [0.25, 0.3) is 0 Å². The molecule has 0 saturated carbocycles. The third-order valence-electron chi connectivity index (χ3n) is 1.96. The van der Waals surface area contributed by atoms with E-state index < -0.39 is 11.9 Å². The number of rotatable bonds is 3. The Morgan fingerprint density at radius 1 is 1.71 bits per heavy atom. The molecule has 0 radical (unpaired) electrons. The lowest BCUT2D eigenvalue weighted by Crippen LogP contribution is -2.24. The monoisotopic (exact) mass is 210 g/mol. The van der Waals surface area contributed by atoms with Crippen LogP contribution in [-0.2, 0) is 14.3 Å². The predicted molar refractivity (Wildman–Crippen MR) is 56.0 cm³/mol. The number of methoxy groups -OCH3 is 1. The standard InChI is InChI=1S/C10H10O3S/c1-13-10(12)8(6-11)7-4-2-3-5-9(7)14/h2-4,6,8H,5H2,1H3. The van der Waals surface area contributed by atoms with E-state index in [-0.39, 0.29) is 0 Å². The zero-order valence-electron chi connectivity index (χ0n) is 7.73. The summed E-state index contributed by atoms with van der Waals surface area (Å²) in [6.45, 7) is 0. The van der Waals surface area contributed by atoms with Gasteiger partial charge in [-0.05, 0) is 5.57 Å². The van der Waals surface area contributed by atoms with Gasteiger partial charge in [-0.2, -0.15) is 0 Å². The van der Waals surface area contributed by atoms with Gasteiger partial charge >= 0.3 is 5.97 Å². The zero-order valence-corrected chi connectivity index (χ0v) is 8.54. The van der Waals surface area contributed by atoms with Crippen LogP contribution in [0.25, 0.3) is 0 Å². The Balaban J connectivity index is 2.93. The Labute approximate surface area is 87.4 Å². The molecule has 1 unspecified atom stereocenters. The molecule has 14 heavy (non-hydrogen) atoms. The summed E-state index contributed by atoms with van der Waals surface area (Å²) in [6.07, 6.45) is 6.50. The van der Waals surface area contributed by atoms with Crippen LogP contribution in [0.4, 0.5) is 0 Å². The first-order chi connectivity index (χ1) is 6.70. The smallest absolute Gasteiger partial charge is 0.320 e. The van der Waals surface area contributed by atoms with Crippen molar-refractivity contribution in [3.05, 3.63) is 23.8 Å². The summed E-state index contributed by atoms with van der Waals surface area (Å²) in [5.74, 6) is -1.44. The number of hydrogen-bond acceptors (Lipinski definition) is 4. The van der Waals surface area contributed by atoms with Crippen molar-refractivity contribution in [1.29, 1.82) is 0 Å². The molecule has 0 fully saturated rings. The molecule has 1 aliphatic rings. The summed E-state index contributed by atoms with van der Waals surface area (Å²) in [7, 11) is 1.25. The molecule has 3 nitrogen and oxygen atoms in total. The number of hydrogen-bond donors (Lipinski definition) is 0. The Kier molecular flexibility index (Phi) is 3.71. The highest BCUT2D eigenvalue weighted by Gasteiger charge is 2.25. The first-order valence-corrected chi connectivity index (χ1v) is 4.54. The zero-order chi connectivity index (χ0) is 10.6. The lowest BCUT2D eigenvalue weighted by atomic mass is 9.93. The Hall–Kier alpha value is -1.29. The van der Waals surface area contributed by atoms with Crippen LogP contribution >= 0.6 is 12.2 Å². The van der Waals surface area contributed by atoms with Crippen LogP contribution < -0.4 is 0 Å². The van der Waals surface area contributed by atoms with Gasteiger partial charge in [-0.25, -0.2) is 0 Å². The third-order valence-corrected chi connectivity index (χ3v) is 2.37. The summed E-state index contributed by atoms with van der Waals surface area (Å²) < 4.78 is 4.51. The van der Waals surface area contributed by atoms with E-state index in [1.807, 2.05) is 6.08 Å². The Bertz CT molecular complexity index is 328. The van der Waals surface area contributed by atoms with Crippen LogP contribution in [0.2, 0.25) is 0 Å². The largest absolute Gasteiger partial charge is 0.468 e. The maximum absolute atomic E-state index is 11.2. The van der Waals surface area contributed by atoms with Crippen LogP contribution in [0.3, 0.4) is 0 Å². The fourth-order valence-electron chi connectivity index (χ4n) is 1.22. The van der Waals surface area contributed by atoms with Crippen LogP contribution in [0.1, 0.15) is 6.42 Å². The van der Waals surface area contributed by atoms with E-state index in [2.05, 4.69) is 4.74 Å². The van der Waals surface area contributed by atoms with Gasteiger partial charge in [0.2, 0.25) is 0 Å². The second kappa shape index (κ2) is 4.81. The molecule has 0 heterocycles. The maximum atomic E-state index is 11.2. The average molecular weight is 210 g/mol. The van der Waals surface area contributed by atoms with Crippen LogP contribution in [-0.4, -0.2) is 24.2 Å². The highest BCUT2D eigenvalue weighted by atomic mass is 32.1. The predicted octanol–water partition coefficient (Wildman–Crippen LogP) is 1.23. The minimum Gasteiger partial charge on any atom is -0.468 e. The third kappa shape index (κ3) is 2.14. The van der Waals surface area contributed by atoms with Crippen molar-refractivity contribution in [3.63, 3.8) is 0 Å². The van der Waals surface area contributed by atoms with Gasteiger partial charge in [0.15, 0.2) is 0 Å². The first kappa shape index (κ1) is 10.8. The maximum Gasteiger partial charge on any atom is 0.320 e. The molecule has 4 heteroatoms. The number of thiocarbonyl (C=S) groups is 1. The van der Waals surface area contributed by atoms with Gasteiger partial charge in [-0.15, -0.1) is 0 Å². The molecule has 0 aromatic rings. The molecule has 0 amide bonds. The molecule has 74 valence electrons. The number of esters is 1. The van der Waals surface area contributed by atoms with Crippen molar-refractivity contribution in [1.82, 2.24) is 0 Å². The molecule has 1 aliphatic carbocycles. The average Bonchev–Trinajstić information content (AvgIpc) is 2.21. The highest BCUT2D eigenvalue weighted by molar-refractivity contribution is 7.80. The molecule has 0 saturated heterocycles. The van der Waals surface area contributed by atoms with E-state index in [1.54, 1.807) is 12.2 Å². The van der Waals surface area contributed by atoms with E-state index in [0.29, 0.717) is 23.1 Å². The number of carbonyl (C=O) groups excluding carboxylic acids is 2. The van der Waals surface area contributed by atoms with Gasteiger partial charge < -0.3 is 9.53 Å². The van der Waals surface area contributed by atoms with Gasteiger partial charge in [0, 0.05) is 11.3 Å². The van der Waals surface area contributed by atoms with Crippen molar-refractivity contribution in [2.24, 2.45) is 5.92 Å².